The predicted molar refractivity (Wildman–Crippen MR) is 84.7 cm³/mol. The zero-order chi connectivity index (χ0) is 16.4. The van der Waals surface area contributed by atoms with Crippen LogP contribution < -0.4 is 10.9 Å². The molecule has 0 radical (unpaired) electrons. The molecule has 0 aliphatic carbocycles. The van der Waals surface area contributed by atoms with Crippen molar-refractivity contribution in [1.29, 1.82) is 0 Å². The van der Waals surface area contributed by atoms with Gasteiger partial charge in [-0.2, -0.15) is 0 Å². The smallest absolute Gasteiger partial charge is 0.269 e. The molecule has 1 fully saturated rings. The minimum atomic E-state index is -0.472. The number of aromatic nitrogens is 2. The average molecular weight is 316 g/mol. The summed E-state index contributed by atoms with van der Waals surface area (Å²) in [7, 11) is 0. The molecule has 1 aromatic carbocycles. The van der Waals surface area contributed by atoms with Gasteiger partial charge < -0.3 is 9.30 Å². The van der Waals surface area contributed by atoms with Crippen molar-refractivity contribution in [3.8, 4) is 0 Å². The molecule has 1 aliphatic rings. The third-order valence-electron chi connectivity index (χ3n) is 4.04. The van der Waals surface area contributed by atoms with Gasteiger partial charge in [0.2, 0.25) is 0 Å². The lowest BCUT2D eigenvalue weighted by Crippen LogP contribution is -2.46. The molecule has 1 saturated heterocycles. The van der Waals surface area contributed by atoms with Crippen LogP contribution in [0.15, 0.2) is 18.2 Å². The Morgan fingerprint density at radius 3 is 2.91 bits per heavy atom. The Bertz CT molecular complexity index is 747. The molecule has 2 aromatic rings. The van der Waals surface area contributed by atoms with Crippen LogP contribution in [0.3, 0.4) is 0 Å². The summed E-state index contributed by atoms with van der Waals surface area (Å²) in [5, 5.41) is 0. The number of nitrogens with zero attached hydrogens (tertiary/aromatic N) is 2. The molecule has 1 aromatic heterocycles. The number of imidazole rings is 1. The molecule has 0 saturated carbocycles. The van der Waals surface area contributed by atoms with Crippen molar-refractivity contribution in [2.45, 2.75) is 39.3 Å². The Kier molecular flexibility index (Phi) is 4.29. The number of aryl methyl sites for hydroxylation is 2. The van der Waals surface area contributed by atoms with Crippen LogP contribution >= 0.6 is 0 Å². The molecule has 2 amide bonds. The van der Waals surface area contributed by atoms with Gasteiger partial charge in [0.1, 0.15) is 11.9 Å². The number of carbonyl (C=O) groups excluding carboxylic acids is 2. The van der Waals surface area contributed by atoms with Crippen LogP contribution in [0.2, 0.25) is 0 Å². The summed E-state index contributed by atoms with van der Waals surface area (Å²) in [6.45, 7) is 5.40. The van der Waals surface area contributed by atoms with E-state index in [2.05, 4.69) is 27.3 Å². The number of fused-ring (bicyclic) bond motifs is 1. The Morgan fingerprint density at radius 2 is 2.22 bits per heavy atom. The molecule has 0 bridgehead atoms. The van der Waals surface area contributed by atoms with Crippen LogP contribution in [0.25, 0.3) is 11.0 Å². The summed E-state index contributed by atoms with van der Waals surface area (Å²) >= 11 is 0. The normalized spacial score (nSPS) is 17.4. The Labute approximate surface area is 134 Å². The first-order chi connectivity index (χ1) is 11.1. The first kappa shape index (κ1) is 15.5. The van der Waals surface area contributed by atoms with Crippen LogP contribution in [0.4, 0.5) is 0 Å². The lowest BCUT2D eigenvalue weighted by Gasteiger charge is -2.11. The molecule has 1 atom stereocenters. The van der Waals surface area contributed by atoms with Crippen molar-refractivity contribution in [3.63, 3.8) is 0 Å². The van der Waals surface area contributed by atoms with Gasteiger partial charge in [-0.25, -0.2) is 4.98 Å². The molecule has 0 spiro atoms. The first-order valence-corrected chi connectivity index (χ1v) is 7.79. The van der Waals surface area contributed by atoms with Gasteiger partial charge in [0, 0.05) is 18.7 Å². The Balaban J connectivity index is 1.69. The fourth-order valence-corrected chi connectivity index (χ4v) is 2.85. The molecular formula is C16H20N4O3. The lowest BCUT2D eigenvalue weighted by atomic mass is 10.2. The number of hydrogen-bond donors (Lipinski definition) is 2. The van der Waals surface area contributed by atoms with E-state index in [1.807, 2.05) is 13.0 Å². The summed E-state index contributed by atoms with van der Waals surface area (Å²) < 4.78 is 7.34. The highest BCUT2D eigenvalue weighted by Crippen LogP contribution is 2.17. The van der Waals surface area contributed by atoms with Gasteiger partial charge in [-0.15, -0.1) is 0 Å². The molecule has 23 heavy (non-hydrogen) atoms. The van der Waals surface area contributed by atoms with Crippen LogP contribution in [-0.4, -0.2) is 34.1 Å². The van der Waals surface area contributed by atoms with Crippen molar-refractivity contribution in [3.05, 3.63) is 29.6 Å². The number of hydrogen-bond acceptors (Lipinski definition) is 4. The van der Waals surface area contributed by atoms with E-state index in [4.69, 9.17) is 4.74 Å². The SMILES string of the molecule is CCn1c(C)nc2cc(C(=O)NNC(=O)[C@@H]3CCCO3)ccc21. The number of benzene rings is 1. The summed E-state index contributed by atoms with van der Waals surface area (Å²) in [6.07, 6.45) is 1.07. The number of carbonyl (C=O) groups is 2. The molecule has 3 rings (SSSR count). The largest absolute Gasteiger partial charge is 0.368 e. The second kappa shape index (κ2) is 6.37. The number of hydrazine groups is 1. The van der Waals surface area contributed by atoms with Gasteiger partial charge in [-0.1, -0.05) is 0 Å². The summed E-state index contributed by atoms with van der Waals surface area (Å²) in [4.78, 5) is 28.4. The first-order valence-electron chi connectivity index (χ1n) is 7.79. The van der Waals surface area contributed by atoms with Crippen molar-refractivity contribution in [2.24, 2.45) is 0 Å². The Morgan fingerprint density at radius 1 is 1.39 bits per heavy atom. The van der Waals surface area contributed by atoms with Gasteiger partial charge in [-0.05, 0) is 44.9 Å². The van der Waals surface area contributed by atoms with Crippen molar-refractivity contribution < 1.29 is 14.3 Å². The minimum Gasteiger partial charge on any atom is -0.368 e. The molecular weight excluding hydrogens is 296 g/mol. The molecule has 122 valence electrons. The van der Waals surface area contributed by atoms with Crippen LogP contribution in [-0.2, 0) is 16.1 Å². The van der Waals surface area contributed by atoms with Crippen LogP contribution in [0, 0.1) is 6.92 Å². The number of amides is 2. The molecule has 2 N–H and O–H groups in total. The third kappa shape index (κ3) is 3.05. The molecule has 0 unspecified atom stereocenters. The van der Waals surface area contributed by atoms with E-state index >= 15 is 0 Å². The summed E-state index contributed by atoms with van der Waals surface area (Å²) in [6, 6.07) is 5.32. The van der Waals surface area contributed by atoms with Crippen LogP contribution in [0.1, 0.15) is 35.9 Å². The highest BCUT2D eigenvalue weighted by Gasteiger charge is 2.23. The number of ether oxygens (including phenoxy) is 1. The Hall–Kier alpha value is -2.41. The fraction of sp³-hybridized carbons (Fsp3) is 0.438. The van der Waals surface area contributed by atoms with E-state index in [0.717, 1.165) is 29.8 Å². The topological polar surface area (TPSA) is 85.3 Å². The zero-order valence-electron chi connectivity index (χ0n) is 13.3. The van der Waals surface area contributed by atoms with E-state index in [9.17, 15) is 9.59 Å². The van der Waals surface area contributed by atoms with Crippen molar-refractivity contribution >= 4 is 22.8 Å². The maximum atomic E-state index is 12.2. The standard InChI is InChI=1S/C16H20N4O3/c1-3-20-10(2)17-12-9-11(6-7-13(12)20)15(21)18-19-16(22)14-5-4-8-23-14/h6-7,9,14H,3-5,8H2,1-2H3,(H,18,21)(H,19,22)/t14-/m0/s1. The van der Waals surface area contributed by atoms with E-state index in [1.54, 1.807) is 12.1 Å². The van der Waals surface area contributed by atoms with Crippen LogP contribution in [0.5, 0.6) is 0 Å². The van der Waals surface area contributed by atoms with E-state index in [0.29, 0.717) is 18.6 Å². The highest BCUT2D eigenvalue weighted by molar-refractivity contribution is 5.98. The molecule has 2 heterocycles. The third-order valence-corrected chi connectivity index (χ3v) is 4.04. The monoisotopic (exact) mass is 316 g/mol. The number of nitrogens with one attached hydrogen (secondary N) is 2. The van der Waals surface area contributed by atoms with Gasteiger partial charge in [0.05, 0.1) is 11.0 Å². The van der Waals surface area contributed by atoms with Gasteiger partial charge in [-0.3, -0.25) is 20.4 Å². The van der Waals surface area contributed by atoms with Crippen molar-refractivity contribution in [1.82, 2.24) is 20.4 Å². The minimum absolute atomic E-state index is 0.317. The van der Waals surface area contributed by atoms with E-state index in [1.165, 1.54) is 0 Å². The summed E-state index contributed by atoms with van der Waals surface area (Å²) in [5.74, 6) is 0.219. The van der Waals surface area contributed by atoms with Gasteiger partial charge in [0.15, 0.2) is 0 Å². The molecule has 7 nitrogen and oxygen atoms in total. The fourth-order valence-electron chi connectivity index (χ4n) is 2.85. The second-order valence-electron chi connectivity index (χ2n) is 5.55. The molecule has 7 heteroatoms. The lowest BCUT2D eigenvalue weighted by molar-refractivity contribution is -0.130. The average Bonchev–Trinajstić information content (AvgIpc) is 3.18. The van der Waals surface area contributed by atoms with Crippen molar-refractivity contribution in [2.75, 3.05) is 6.61 Å². The number of rotatable bonds is 3. The van der Waals surface area contributed by atoms with E-state index in [-0.39, 0.29) is 11.8 Å². The maximum Gasteiger partial charge on any atom is 0.269 e. The maximum absolute atomic E-state index is 12.2. The molecule has 1 aliphatic heterocycles. The van der Waals surface area contributed by atoms with E-state index < -0.39 is 6.10 Å². The highest BCUT2D eigenvalue weighted by atomic mass is 16.5. The summed E-state index contributed by atoms with van der Waals surface area (Å²) in [5.41, 5.74) is 7.04. The van der Waals surface area contributed by atoms with Gasteiger partial charge >= 0.3 is 0 Å². The second-order valence-corrected chi connectivity index (χ2v) is 5.55. The van der Waals surface area contributed by atoms with Gasteiger partial charge in [0.25, 0.3) is 11.8 Å². The predicted octanol–water partition coefficient (Wildman–Crippen LogP) is 1.30. The zero-order valence-corrected chi connectivity index (χ0v) is 13.3. The quantitative estimate of drug-likeness (QED) is 0.836.